The molecule has 176 valence electrons. The van der Waals surface area contributed by atoms with Crippen molar-refractivity contribution in [2.45, 2.75) is 18.4 Å². The molecule has 1 heterocycles. The third kappa shape index (κ3) is 5.13. The van der Waals surface area contributed by atoms with Gasteiger partial charge in [0, 0.05) is 16.3 Å². The third-order valence-corrected chi connectivity index (χ3v) is 6.85. The van der Waals surface area contributed by atoms with E-state index in [9.17, 15) is 8.42 Å². The molecule has 0 amide bonds. The van der Waals surface area contributed by atoms with Gasteiger partial charge in [-0.15, -0.1) is 0 Å². The highest BCUT2D eigenvalue weighted by molar-refractivity contribution is 7.92. The average Bonchev–Trinajstić information content (AvgIpc) is 3.31. The number of nitrogens with one attached hydrogen (secondary N) is 1. The number of fused-ring (bicyclic) bond motifs is 1. The quantitative estimate of drug-likeness (QED) is 0.281. The van der Waals surface area contributed by atoms with Crippen molar-refractivity contribution in [1.82, 2.24) is 10.1 Å². The van der Waals surface area contributed by atoms with Crippen LogP contribution in [-0.2, 0) is 16.6 Å². The van der Waals surface area contributed by atoms with E-state index in [0.717, 1.165) is 21.9 Å². The summed E-state index contributed by atoms with van der Waals surface area (Å²) in [6.07, 6.45) is 0. The lowest BCUT2D eigenvalue weighted by atomic mass is 10.0. The zero-order valence-electron chi connectivity index (χ0n) is 18.6. The molecular weight excluding hydrogens is 486 g/mol. The second-order valence-electron chi connectivity index (χ2n) is 7.93. The van der Waals surface area contributed by atoms with E-state index in [-0.39, 0.29) is 11.5 Å². The van der Waals surface area contributed by atoms with Gasteiger partial charge in [-0.25, -0.2) is 8.42 Å². The molecule has 4 aromatic carbocycles. The molecule has 5 aromatic rings. The minimum Gasteiger partial charge on any atom is -0.485 e. The Labute approximate surface area is 207 Å². The van der Waals surface area contributed by atoms with Crippen LogP contribution < -0.4 is 9.46 Å². The smallest absolute Gasteiger partial charge is 0.261 e. The normalized spacial score (nSPS) is 11.5. The van der Waals surface area contributed by atoms with Gasteiger partial charge in [0.15, 0.2) is 6.61 Å². The van der Waals surface area contributed by atoms with Crippen molar-refractivity contribution in [1.29, 1.82) is 0 Å². The number of nitrogens with zero attached hydrogens (tertiary/aromatic N) is 2. The lowest BCUT2D eigenvalue weighted by molar-refractivity contribution is 0.287. The van der Waals surface area contributed by atoms with Gasteiger partial charge < -0.3 is 9.26 Å². The molecule has 0 aliphatic heterocycles. The highest BCUT2D eigenvalue weighted by Gasteiger charge is 2.17. The lowest BCUT2D eigenvalue weighted by Gasteiger charge is -2.11. The van der Waals surface area contributed by atoms with Crippen LogP contribution >= 0.6 is 11.6 Å². The minimum absolute atomic E-state index is 0.104. The van der Waals surface area contributed by atoms with Crippen molar-refractivity contribution in [3.8, 4) is 17.2 Å². The number of hydrogen-bond acceptors (Lipinski definition) is 6. The molecule has 9 heteroatoms. The first-order chi connectivity index (χ1) is 16.9. The Bertz CT molecular complexity index is 1600. The van der Waals surface area contributed by atoms with Crippen LogP contribution in [0.25, 0.3) is 22.2 Å². The van der Waals surface area contributed by atoms with Crippen molar-refractivity contribution in [3.63, 3.8) is 0 Å². The van der Waals surface area contributed by atoms with Crippen LogP contribution in [0.3, 0.4) is 0 Å². The van der Waals surface area contributed by atoms with Gasteiger partial charge in [0.2, 0.25) is 5.82 Å². The van der Waals surface area contributed by atoms with Crippen LogP contribution in [0.5, 0.6) is 5.75 Å². The van der Waals surface area contributed by atoms with E-state index >= 15 is 0 Å². The summed E-state index contributed by atoms with van der Waals surface area (Å²) in [5.74, 6) is 1.49. The SMILES string of the molecule is Cc1cc(Cl)cc(S(=O)(=O)Nc2ccc3c(-c4nc(COc5ccccc5)no4)cccc3c2)c1. The Kier molecular flexibility index (Phi) is 6.15. The summed E-state index contributed by atoms with van der Waals surface area (Å²) in [5.41, 5.74) is 1.92. The van der Waals surface area contributed by atoms with Gasteiger partial charge in [-0.3, -0.25) is 4.72 Å². The van der Waals surface area contributed by atoms with Crippen molar-refractivity contribution < 1.29 is 17.7 Å². The van der Waals surface area contributed by atoms with Crippen molar-refractivity contribution >= 4 is 38.1 Å². The molecule has 0 fully saturated rings. The van der Waals surface area contributed by atoms with Crippen LogP contribution in [0.1, 0.15) is 11.4 Å². The van der Waals surface area contributed by atoms with Gasteiger partial charge in [0.1, 0.15) is 5.75 Å². The highest BCUT2D eigenvalue weighted by Crippen LogP contribution is 2.30. The number of para-hydroxylation sites is 1. The molecule has 35 heavy (non-hydrogen) atoms. The van der Waals surface area contributed by atoms with Crippen LogP contribution in [0, 0.1) is 6.92 Å². The number of rotatable bonds is 7. The Morgan fingerprint density at radius 2 is 1.80 bits per heavy atom. The number of ether oxygens (including phenoxy) is 1. The summed E-state index contributed by atoms with van der Waals surface area (Å²) in [6.45, 7) is 1.96. The van der Waals surface area contributed by atoms with Gasteiger partial charge in [-0.1, -0.05) is 53.2 Å². The predicted octanol–water partition coefficient (Wildman–Crippen LogP) is 6.23. The summed E-state index contributed by atoms with van der Waals surface area (Å²) >= 11 is 6.05. The molecule has 0 radical (unpaired) electrons. The van der Waals surface area contributed by atoms with E-state index in [1.807, 2.05) is 54.6 Å². The van der Waals surface area contributed by atoms with Gasteiger partial charge in [-0.2, -0.15) is 4.98 Å². The monoisotopic (exact) mass is 505 g/mol. The molecule has 0 bridgehead atoms. The molecule has 1 N–H and O–H groups in total. The maximum absolute atomic E-state index is 12.9. The van der Waals surface area contributed by atoms with E-state index in [2.05, 4.69) is 14.9 Å². The Balaban J connectivity index is 1.39. The standard InChI is InChI=1S/C26H20ClN3O4S/c1-17-12-19(27)15-22(13-17)35(31,32)30-20-10-11-23-18(14-20)6-5-9-24(23)26-28-25(29-34-26)16-33-21-7-3-2-4-8-21/h2-15,30H,16H2,1H3. The van der Waals surface area contributed by atoms with E-state index < -0.39 is 10.0 Å². The summed E-state index contributed by atoms with van der Waals surface area (Å²) < 4.78 is 39.5. The van der Waals surface area contributed by atoms with Gasteiger partial charge >= 0.3 is 0 Å². The Morgan fingerprint density at radius 3 is 2.60 bits per heavy atom. The van der Waals surface area contributed by atoms with Crippen LogP contribution in [0.2, 0.25) is 5.02 Å². The number of sulfonamides is 1. The number of aromatic nitrogens is 2. The number of benzene rings is 4. The number of aryl methyl sites for hydroxylation is 1. The molecule has 0 spiro atoms. The third-order valence-electron chi connectivity index (χ3n) is 5.27. The topological polar surface area (TPSA) is 94.3 Å². The minimum atomic E-state index is -3.80. The molecule has 0 aliphatic rings. The summed E-state index contributed by atoms with van der Waals surface area (Å²) in [6, 6.07) is 24.9. The van der Waals surface area contributed by atoms with Crippen LogP contribution in [0.4, 0.5) is 5.69 Å². The van der Waals surface area contributed by atoms with Crippen molar-refractivity contribution in [3.05, 3.63) is 101 Å². The molecule has 0 saturated heterocycles. The first-order valence-corrected chi connectivity index (χ1v) is 12.6. The van der Waals surface area contributed by atoms with Crippen LogP contribution in [-0.4, -0.2) is 18.6 Å². The molecule has 0 aliphatic carbocycles. The van der Waals surface area contributed by atoms with Gasteiger partial charge in [-0.05, 0) is 71.8 Å². The van der Waals surface area contributed by atoms with E-state index in [4.69, 9.17) is 20.9 Å². The average molecular weight is 506 g/mol. The Morgan fingerprint density at radius 1 is 0.971 bits per heavy atom. The second kappa shape index (κ2) is 9.40. The molecule has 7 nitrogen and oxygen atoms in total. The first-order valence-electron chi connectivity index (χ1n) is 10.7. The highest BCUT2D eigenvalue weighted by atomic mass is 35.5. The molecule has 1 aromatic heterocycles. The van der Waals surface area contributed by atoms with Gasteiger partial charge in [0.05, 0.1) is 4.90 Å². The zero-order chi connectivity index (χ0) is 24.4. The number of halogens is 1. The molecule has 0 unspecified atom stereocenters. The van der Waals surface area contributed by atoms with E-state index in [1.54, 1.807) is 31.2 Å². The molecule has 0 saturated carbocycles. The van der Waals surface area contributed by atoms with Crippen LogP contribution in [0.15, 0.2) is 94.3 Å². The maximum Gasteiger partial charge on any atom is 0.261 e. The van der Waals surface area contributed by atoms with E-state index in [1.165, 1.54) is 6.07 Å². The Hall–Kier alpha value is -3.88. The first kappa shape index (κ1) is 22.9. The lowest BCUT2D eigenvalue weighted by Crippen LogP contribution is -2.13. The molecule has 5 rings (SSSR count). The number of hydrogen-bond donors (Lipinski definition) is 1. The zero-order valence-corrected chi connectivity index (χ0v) is 20.2. The van der Waals surface area contributed by atoms with Crippen molar-refractivity contribution in [2.24, 2.45) is 0 Å². The van der Waals surface area contributed by atoms with Crippen molar-refractivity contribution in [2.75, 3.05) is 4.72 Å². The van der Waals surface area contributed by atoms with E-state index in [0.29, 0.717) is 28.2 Å². The predicted molar refractivity (Wildman–Crippen MR) is 135 cm³/mol. The summed E-state index contributed by atoms with van der Waals surface area (Å²) in [7, 11) is -3.80. The molecule has 0 atom stereocenters. The molecular formula is C26H20ClN3O4S. The van der Waals surface area contributed by atoms with Gasteiger partial charge in [0.25, 0.3) is 15.9 Å². The fourth-order valence-corrected chi connectivity index (χ4v) is 5.22. The summed E-state index contributed by atoms with van der Waals surface area (Å²) in [4.78, 5) is 4.56. The fourth-order valence-electron chi connectivity index (χ4n) is 3.69. The number of anilines is 1. The summed E-state index contributed by atoms with van der Waals surface area (Å²) in [5, 5.41) is 6.03. The maximum atomic E-state index is 12.9. The fraction of sp³-hybridized carbons (Fsp3) is 0.0769. The second-order valence-corrected chi connectivity index (χ2v) is 10.0. The largest absolute Gasteiger partial charge is 0.485 e.